The van der Waals surface area contributed by atoms with Crippen LogP contribution >= 0.6 is 15.9 Å². The molecule has 3 heteroatoms. The van der Waals surface area contributed by atoms with Crippen molar-refractivity contribution in [2.45, 2.75) is 51.9 Å². The maximum Gasteiger partial charge on any atom is 0.160 e. The van der Waals surface area contributed by atoms with E-state index < -0.39 is 0 Å². The van der Waals surface area contributed by atoms with Gasteiger partial charge in [0.15, 0.2) is 5.78 Å². The molecule has 21 heavy (non-hydrogen) atoms. The first-order chi connectivity index (χ1) is 10.1. The van der Waals surface area contributed by atoms with Crippen LogP contribution in [0.5, 0.6) is 0 Å². The number of hydrogen-bond acceptors (Lipinski definition) is 2. The van der Waals surface area contributed by atoms with Crippen LogP contribution in [-0.4, -0.2) is 5.78 Å². The molecular formula is C18H24BrNO. The summed E-state index contributed by atoms with van der Waals surface area (Å²) in [7, 11) is 0. The lowest BCUT2D eigenvalue weighted by Crippen LogP contribution is -2.15. The predicted molar refractivity (Wildman–Crippen MR) is 91.9 cm³/mol. The number of nitrogens with one attached hydrogen (secondary N) is 1. The maximum absolute atomic E-state index is 12.3. The van der Waals surface area contributed by atoms with E-state index in [1.807, 2.05) is 18.4 Å². The molecule has 0 saturated heterocycles. The summed E-state index contributed by atoms with van der Waals surface area (Å²) >= 11 is 3.51. The lowest BCUT2D eigenvalue weighted by Gasteiger charge is -2.17. The van der Waals surface area contributed by atoms with Crippen LogP contribution in [0.2, 0.25) is 0 Å². The van der Waals surface area contributed by atoms with Gasteiger partial charge in [-0.2, -0.15) is 0 Å². The molecule has 1 fully saturated rings. The Morgan fingerprint density at radius 3 is 2.90 bits per heavy atom. The van der Waals surface area contributed by atoms with E-state index in [-0.39, 0.29) is 0 Å². The lowest BCUT2D eigenvalue weighted by molar-refractivity contribution is -0.116. The minimum atomic E-state index is 0.311. The second kappa shape index (κ2) is 8.38. The topological polar surface area (TPSA) is 29.1 Å². The molecule has 0 heterocycles. The van der Waals surface area contributed by atoms with E-state index in [0.717, 1.165) is 41.4 Å². The Hall–Kier alpha value is -1.09. The van der Waals surface area contributed by atoms with E-state index in [0.29, 0.717) is 18.1 Å². The minimum Gasteiger partial charge on any atom is -0.362 e. The molecule has 2 nitrogen and oxygen atoms in total. The van der Waals surface area contributed by atoms with Crippen LogP contribution in [0, 0.1) is 5.92 Å². The molecule has 0 amide bonds. The second-order valence-electron chi connectivity index (χ2n) is 5.95. The normalized spacial score (nSPS) is 32.8. The Labute approximate surface area is 136 Å². The van der Waals surface area contributed by atoms with Crippen molar-refractivity contribution in [3.8, 4) is 0 Å². The van der Waals surface area contributed by atoms with Crippen LogP contribution in [0.25, 0.3) is 0 Å². The molecule has 2 aliphatic rings. The highest BCUT2D eigenvalue weighted by molar-refractivity contribution is 9.11. The minimum absolute atomic E-state index is 0.311. The summed E-state index contributed by atoms with van der Waals surface area (Å²) in [5.74, 6) is 0.828. The Kier molecular flexibility index (Phi) is 6.50. The zero-order valence-corrected chi connectivity index (χ0v) is 14.3. The maximum atomic E-state index is 12.3. The molecule has 0 aromatic heterocycles. The molecule has 1 saturated carbocycles. The van der Waals surface area contributed by atoms with Crippen molar-refractivity contribution in [3.63, 3.8) is 0 Å². The van der Waals surface area contributed by atoms with Crippen LogP contribution in [0.1, 0.15) is 51.9 Å². The number of carbonyl (C=O) groups excluding carboxylic acids is 1. The highest BCUT2D eigenvalue weighted by Gasteiger charge is 2.16. The van der Waals surface area contributed by atoms with Crippen LogP contribution < -0.4 is 5.32 Å². The number of Topliss-reactive ketones (excluding diaryl/α,β-unsaturated/α-hetero) is 1. The smallest absolute Gasteiger partial charge is 0.160 e. The molecule has 0 aromatic rings. The van der Waals surface area contributed by atoms with Gasteiger partial charge in [0, 0.05) is 28.4 Å². The van der Waals surface area contributed by atoms with Gasteiger partial charge in [0.2, 0.25) is 0 Å². The number of ketones is 1. The third-order valence-electron chi connectivity index (χ3n) is 3.99. The SMILES string of the molecule is CC1CCCC/C(=C/NC2=C/CC/C=C(Br)/C=C\2)C(=O)C1. The molecule has 1 N–H and O–H groups in total. The fourth-order valence-electron chi connectivity index (χ4n) is 2.69. The summed E-state index contributed by atoms with van der Waals surface area (Å²) in [6.07, 6.45) is 17.5. The van der Waals surface area contributed by atoms with Crippen molar-refractivity contribution in [2.24, 2.45) is 5.92 Å². The van der Waals surface area contributed by atoms with E-state index in [1.165, 1.54) is 12.8 Å². The van der Waals surface area contributed by atoms with E-state index >= 15 is 0 Å². The highest BCUT2D eigenvalue weighted by atomic mass is 79.9. The molecule has 1 unspecified atom stereocenters. The fraction of sp³-hybridized carbons (Fsp3) is 0.500. The molecule has 0 spiro atoms. The van der Waals surface area contributed by atoms with Crippen molar-refractivity contribution in [1.29, 1.82) is 0 Å². The summed E-state index contributed by atoms with van der Waals surface area (Å²) in [4.78, 5) is 12.3. The third kappa shape index (κ3) is 5.66. The van der Waals surface area contributed by atoms with Gasteiger partial charge in [-0.3, -0.25) is 4.79 Å². The summed E-state index contributed by atoms with van der Waals surface area (Å²) in [6, 6.07) is 0. The number of rotatable bonds is 2. The van der Waals surface area contributed by atoms with Crippen molar-refractivity contribution in [3.05, 3.63) is 46.3 Å². The average molecular weight is 350 g/mol. The van der Waals surface area contributed by atoms with Gasteiger partial charge < -0.3 is 5.32 Å². The molecule has 114 valence electrons. The van der Waals surface area contributed by atoms with Gasteiger partial charge in [0.1, 0.15) is 0 Å². The third-order valence-corrected chi connectivity index (χ3v) is 4.58. The van der Waals surface area contributed by atoms with E-state index in [1.54, 1.807) is 0 Å². The first-order valence-electron chi connectivity index (χ1n) is 7.88. The second-order valence-corrected chi connectivity index (χ2v) is 6.87. The van der Waals surface area contributed by atoms with Crippen LogP contribution in [-0.2, 0) is 4.79 Å². The number of carbonyl (C=O) groups is 1. The number of halogens is 1. The number of allylic oxidation sites excluding steroid dienone is 6. The van der Waals surface area contributed by atoms with Gasteiger partial charge in [-0.05, 0) is 43.8 Å². The first kappa shape index (κ1) is 16.3. The quantitative estimate of drug-likeness (QED) is 0.699. The first-order valence-corrected chi connectivity index (χ1v) is 8.67. The van der Waals surface area contributed by atoms with Crippen LogP contribution in [0.4, 0.5) is 0 Å². The molecule has 1 atom stereocenters. The zero-order chi connectivity index (χ0) is 15.1. The van der Waals surface area contributed by atoms with Crippen molar-refractivity contribution < 1.29 is 4.79 Å². The molecular weight excluding hydrogens is 326 g/mol. The van der Waals surface area contributed by atoms with Gasteiger partial charge in [0.05, 0.1) is 0 Å². The van der Waals surface area contributed by atoms with E-state index in [2.05, 4.69) is 40.3 Å². The van der Waals surface area contributed by atoms with Crippen molar-refractivity contribution >= 4 is 21.7 Å². The molecule has 0 aliphatic heterocycles. The van der Waals surface area contributed by atoms with Gasteiger partial charge in [-0.25, -0.2) is 0 Å². The van der Waals surface area contributed by atoms with Gasteiger partial charge >= 0.3 is 0 Å². The van der Waals surface area contributed by atoms with Crippen LogP contribution in [0.15, 0.2) is 46.3 Å². The van der Waals surface area contributed by atoms with E-state index in [9.17, 15) is 4.79 Å². The molecule has 2 aliphatic carbocycles. The van der Waals surface area contributed by atoms with Gasteiger partial charge in [0.25, 0.3) is 0 Å². The van der Waals surface area contributed by atoms with E-state index in [4.69, 9.17) is 0 Å². The Bertz CT molecular complexity index is 499. The fourth-order valence-corrected chi connectivity index (χ4v) is 3.05. The Morgan fingerprint density at radius 1 is 1.24 bits per heavy atom. The highest BCUT2D eigenvalue weighted by Crippen LogP contribution is 2.23. The van der Waals surface area contributed by atoms with Crippen LogP contribution in [0.3, 0.4) is 0 Å². The van der Waals surface area contributed by atoms with Crippen molar-refractivity contribution in [2.75, 3.05) is 0 Å². The van der Waals surface area contributed by atoms with Crippen molar-refractivity contribution in [1.82, 2.24) is 5.32 Å². The summed E-state index contributed by atoms with van der Waals surface area (Å²) < 4.78 is 1.11. The summed E-state index contributed by atoms with van der Waals surface area (Å²) in [5, 5.41) is 3.32. The largest absolute Gasteiger partial charge is 0.362 e. The Balaban J connectivity index is 2.02. The number of hydrogen-bond donors (Lipinski definition) is 1. The Morgan fingerprint density at radius 2 is 2.05 bits per heavy atom. The monoisotopic (exact) mass is 349 g/mol. The predicted octanol–water partition coefficient (Wildman–Crippen LogP) is 5.14. The molecule has 0 radical (unpaired) electrons. The summed E-state index contributed by atoms with van der Waals surface area (Å²) in [5.41, 5.74) is 2.02. The standard InChI is InChI=1S/C18H24BrNO/c1-14-6-2-3-7-15(18(21)12-14)13-20-17-9-5-4-8-16(19)10-11-17/h8-11,13-14,20H,2-7,12H2,1H3/b11-10-,15-13-,16-8-,17-9+. The molecule has 2 rings (SSSR count). The molecule has 0 aromatic carbocycles. The molecule has 0 bridgehead atoms. The zero-order valence-electron chi connectivity index (χ0n) is 12.7. The summed E-state index contributed by atoms with van der Waals surface area (Å²) in [6.45, 7) is 2.18. The van der Waals surface area contributed by atoms with Gasteiger partial charge in [-0.15, -0.1) is 0 Å². The average Bonchev–Trinajstić information content (AvgIpc) is 2.42. The van der Waals surface area contributed by atoms with Gasteiger partial charge in [-0.1, -0.05) is 47.8 Å². The lowest BCUT2D eigenvalue weighted by atomic mass is 9.89.